The molecule has 0 spiro atoms. The lowest BCUT2D eigenvalue weighted by Gasteiger charge is -2.29. The minimum atomic E-state index is -0.480. The summed E-state index contributed by atoms with van der Waals surface area (Å²) in [5.74, 6) is 7.16. The molecule has 0 radical (unpaired) electrons. The van der Waals surface area contributed by atoms with Crippen molar-refractivity contribution in [3.8, 4) is 0 Å². The lowest BCUT2D eigenvalue weighted by Crippen LogP contribution is -2.51. The van der Waals surface area contributed by atoms with Gasteiger partial charge < -0.3 is 5.73 Å². The summed E-state index contributed by atoms with van der Waals surface area (Å²) >= 11 is 0. The van der Waals surface area contributed by atoms with Gasteiger partial charge in [-0.15, -0.1) is 12.4 Å². The van der Waals surface area contributed by atoms with Crippen LogP contribution in [0.5, 0.6) is 0 Å². The predicted molar refractivity (Wildman–Crippen MR) is 112 cm³/mol. The summed E-state index contributed by atoms with van der Waals surface area (Å²) in [5.41, 5.74) is 5.37. The molecule has 0 saturated heterocycles. The van der Waals surface area contributed by atoms with E-state index in [2.05, 4.69) is 16.9 Å². The number of hydrogen-bond acceptors (Lipinski definition) is 5. The second-order valence-corrected chi connectivity index (χ2v) is 7.50. The van der Waals surface area contributed by atoms with Gasteiger partial charge in [-0.05, 0) is 20.3 Å². The molecule has 0 aromatic rings. The van der Waals surface area contributed by atoms with E-state index in [-0.39, 0.29) is 12.4 Å². The molecular weight excluding hydrogens is 334 g/mol. The highest BCUT2D eigenvalue weighted by molar-refractivity contribution is 6.00. The first-order chi connectivity index (χ1) is 11.5. The number of guanidine groups is 1. The molecule has 0 amide bonds. The highest BCUT2D eigenvalue weighted by Crippen LogP contribution is 2.19. The first-order valence-electron chi connectivity index (χ1n) is 9.95. The van der Waals surface area contributed by atoms with Crippen LogP contribution in [0.2, 0.25) is 0 Å². The van der Waals surface area contributed by atoms with Crippen LogP contribution in [0.1, 0.15) is 104 Å². The van der Waals surface area contributed by atoms with Gasteiger partial charge in [-0.25, -0.2) is 20.8 Å². The molecule has 1 aliphatic rings. The quantitative estimate of drug-likeness (QED) is 0.346. The zero-order chi connectivity index (χ0) is 17.8. The molecule has 0 saturated carbocycles. The summed E-state index contributed by atoms with van der Waals surface area (Å²) < 4.78 is 0. The van der Waals surface area contributed by atoms with Crippen molar-refractivity contribution in [1.29, 1.82) is 0 Å². The molecule has 0 bridgehead atoms. The molecule has 0 atom stereocenters. The molecule has 4 N–H and O–H groups in total. The number of rotatable bonds is 13. The van der Waals surface area contributed by atoms with Crippen LogP contribution in [0.15, 0.2) is 9.98 Å². The van der Waals surface area contributed by atoms with Crippen LogP contribution in [-0.4, -0.2) is 22.5 Å². The third kappa shape index (κ3) is 10.7. The summed E-state index contributed by atoms with van der Waals surface area (Å²) in [5, 5.41) is 1.43. The Kier molecular flexibility index (Phi) is 13.0. The smallest absolute Gasteiger partial charge is 0.214 e. The Balaban J connectivity index is 0.00000576. The van der Waals surface area contributed by atoms with Crippen LogP contribution in [-0.2, 0) is 0 Å². The van der Waals surface area contributed by atoms with Gasteiger partial charge in [-0.3, -0.25) is 0 Å². The normalized spacial score (nSPS) is 16.2. The van der Waals surface area contributed by atoms with Crippen molar-refractivity contribution < 1.29 is 0 Å². The van der Waals surface area contributed by atoms with Crippen molar-refractivity contribution in [3.63, 3.8) is 0 Å². The third-order valence-corrected chi connectivity index (χ3v) is 4.57. The number of nitrogens with zero attached hydrogens (tertiary/aromatic N) is 3. The van der Waals surface area contributed by atoms with Gasteiger partial charge in [0.1, 0.15) is 5.84 Å². The molecule has 1 rings (SSSR count). The van der Waals surface area contributed by atoms with Gasteiger partial charge in [0.15, 0.2) is 5.66 Å². The number of aliphatic imine (C=N–C) groups is 2. The summed E-state index contributed by atoms with van der Waals surface area (Å²) in [6.45, 7) is 6.18. The zero-order valence-electron chi connectivity index (χ0n) is 16.6. The topological polar surface area (TPSA) is 80.0 Å². The number of hydrogen-bond donors (Lipinski definition) is 2. The predicted octanol–water partition coefficient (Wildman–Crippen LogP) is 5.14. The van der Waals surface area contributed by atoms with Gasteiger partial charge in [-0.2, -0.15) is 0 Å². The summed E-state index contributed by atoms with van der Waals surface area (Å²) in [4.78, 5) is 8.85. The average molecular weight is 374 g/mol. The fourth-order valence-electron chi connectivity index (χ4n) is 3.16. The van der Waals surface area contributed by atoms with E-state index in [4.69, 9.17) is 11.6 Å². The molecule has 0 unspecified atom stereocenters. The van der Waals surface area contributed by atoms with E-state index in [0.717, 1.165) is 18.7 Å². The second-order valence-electron chi connectivity index (χ2n) is 7.50. The standard InChI is InChI=1S/C19H39N5.ClH/c1-4-5-6-7-8-9-10-11-12-13-14-15-16-17-22-19(2,3)23-18(20)24(17)21;/h4-16,21H2,1-3H3,(H2,20,23);1H. The van der Waals surface area contributed by atoms with Gasteiger partial charge in [-0.1, -0.05) is 77.6 Å². The maximum Gasteiger partial charge on any atom is 0.214 e. The summed E-state index contributed by atoms with van der Waals surface area (Å²) in [6.07, 6.45) is 17.1. The number of nitrogens with two attached hydrogens (primary N) is 2. The monoisotopic (exact) mass is 373 g/mol. The zero-order valence-corrected chi connectivity index (χ0v) is 17.4. The Labute approximate surface area is 161 Å². The minimum absolute atomic E-state index is 0. The molecule has 0 aromatic carbocycles. The largest absolute Gasteiger partial charge is 0.368 e. The fourth-order valence-corrected chi connectivity index (χ4v) is 3.16. The van der Waals surface area contributed by atoms with Crippen LogP contribution in [0.25, 0.3) is 0 Å². The van der Waals surface area contributed by atoms with E-state index in [1.54, 1.807) is 0 Å². The molecular formula is C19H40ClN5. The van der Waals surface area contributed by atoms with Crippen molar-refractivity contribution in [1.82, 2.24) is 5.01 Å². The summed E-state index contributed by atoms with van der Waals surface area (Å²) in [7, 11) is 0. The molecule has 6 heteroatoms. The molecule has 5 nitrogen and oxygen atoms in total. The van der Waals surface area contributed by atoms with Crippen molar-refractivity contribution in [2.24, 2.45) is 21.6 Å². The van der Waals surface area contributed by atoms with Gasteiger partial charge in [0.25, 0.3) is 0 Å². The SMILES string of the molecule is CCCCCCCCCCCCCCC1=NC(C)(C)N=C(N)N1N.Cl. The maximum atomic E-state index is 5.93. The van der Waals surface area contributed by atoms with Crippen LogP contribution < -0.4 is 11.6 Å². The van der Waals surface area contributed by atoms with Crippen molar-refractivity contribution in [2.75, 3.05) is 0 Å². The first kappa shape index (κ1) is 24.2. The molecule has 0 aliphatic carbocycles. The molecule has 25 heavy (non-hydrogen) atoms. The van der Waals surface area contributed by atoms with E-state index in [1.807, 2.05) is 13.8 Å². The Bertz CT molecular complexity index is 407. The highest BCUT2D eigenvalue weighted by Gasteiger charge is 2.25. The molecule has 0 aromatic heterocycles. The molecule has 0 fully saturated rings. The number of halogens is 1. The first-order valence-corrected chi connectivity index (χ1v) is 9.95. The van der Waals surface area contributed by atoms with Crippen molar-refractivity contribution in [3.05, 3.63) is 0 Å². The number of amidine groups is 1. The van der Waals surface area contributed by atoms with E-state index < -0.39 is 5.66 Å². The van der Waals surface area contributed by atoms with Crippen LogP contribution in [0.3, 0.4) is 0 Å². The molecule has 1 heterocycles. The Morgan fingerprint density at radius 1 is 0.800 bits per heavy atom. The molecule has 148 valence electrons. The summed E-state index contributed by atoms with van der Waals surface area (Å²) in [6, 6.07) is 0. The second kappa shape index (κ2) is 13.4. The fraction of sp³-hybridized carbons (Fsp3) is 0.895. The number of unbranched alkanes of at least 4 members (excludes halogenated alkanes) is 11. The van der Waals surface area contributed by atoms with Crippen molar-refractivity contribution >= 4 is 24.2 Å². The Morgan fingerprint density at radius 3 is 1.72 bits per heavy atom. The van der Waals surface area contributed by atoms with E-state index in [1.165, 1.54) is 75.6 Å². The average Bonchev–Trinajstić information content (AvgIpc) is 2.52. The van der Waals surface area contributed by atoms with Gasteiger partial charge in [0.05, 0.1) is 0 Å². The maximum absolute atomic E-state index is 5.93. The third-order valence-electron chi connectivity index (χ3n) is 4.57. The van der Waals surface area contributed by atoms with Gasteiger partial charge in [0, 0.05) is 6.42 Å². The van der Waals surface area contributed by atoms with Crippen LogP contribution in [0, 0.1) is 0 Å². The number of hydrazine groups is 1. The minimum Gasteiger partial charge on any atom is -0.368 e. The Hall–Kier alpha value is -0.810. The van der Waals surface area contributed by atoms with Crippen LogP contribution >= 0.6 is 12.4 Å². The van der Waals surface area contributed by atoms with Crippen LogP contribution in [0.4, 0.5) is 0 Å². The van der Waals surface area contributed by atoms with E-state index in [9.17, 15) is 0 Å². The highest BCUT2D eigenvalue weighted by atomic mass is 35.5. The molecule has 1 aliphatic heterocycles. The van der Waals surface area contributed by atoms with Gasteiger partial charge in [0.2, 0.25) is 5.96 Å². The lowest BCUT2D eigenvalue weighted by atomic mass is 10.0. The van der Waals surface area contributed by atoms with Crippen molar-refractivity contribution in [2.45, 2.75) is 110 Å². The van der Waals surface area contributed by atoms with Gasteiger partial charge >= 0.3 is 0 Å². The van der Waals surface area contributed by atoms with E-state index in [0.29, 0.717) is 5.96 Å². The Morgan fingerprint density at radius 2 is 1.24 bits per heavy atom. The lowest BCUT2D eigenvalue weighted by molar-refractivity contribution is 0.478. The van der Waals surface area contributed by atoms with E-state index >= 15 is 0 Å².